The van der Waals surface area contributed by atoms with Crippen molar-refractivity contribution >= 4 is 17.5 Å². The van der Waals surface area contributed by atoms with Crippen LogP contribution in [0.4, 0.5) is 18.9 Å². The summed E-state index contributed by atoms with van der Waals surface area (Å²) in [6.07, 6.45) is 0.239. The Balaban J connectivity index is 1.55. The van der Waals surface area contributed by atoms with E-state index < -0.39 is 23.1 Å². The van der Waals surface area contributed by atoms with Crippen LogP contribution in [-0.2, 0) is 33.5 Å². The van der Waals surface area contributed by atoms with Crippen molar-refractivity contribution in [3.05, 3.63) is 28.8 Å². The molecule has 0 radical (unpaired) electrons. The summed E-state index contributed by atoms with van der Waals surface area (Å²) < 4.78 is 46.2. The summed E-state index contributed by atoms with van der Waals surface area (Å²) in [5.74, 6) is -0.264. The Labute approximate surface area is 205 Å². The lowest BCUT2D eigenvalue weighted by molar-refractivity contribution is -0.146. The fourth-order valence-corrected chi connectivity index (χ4v) is 6.03. The van der Waals surface area contributed by atoms with Gasteiger partial charge in [-0.3, -0.25) is 9.59 Å². The van der Waals surface area contributed by atoms with Crippen molar-refractivity contribution in [2.24, 2.45) is 11.3 Å². The van der Waals surface area contributed by atoms with Gasteiger partial charge in [-0.2, -0.15) is 13.2 Å². The summed E-state index contributed by atoms with van der Waals surface area (Å²) in [7, 11) is 0. The summed E-state index contributed by atoms with van der Waals surface area (Å²) in [4.78, 5) is 27.3. The molecule has 1 aliphatic carbocycles. The van der Waals surface area contributed by atoms with Gasteiger partial charge >= 0.3 is 6.18 Å². The molecule has 2 atom stereocenters. The van der Waals surface area contributed by atoms with Crippen molar-refractivity contribution in [2.45, 2.75) is 84.1 Å². The molecule has 9 heteroatoms. The third-order valence-corrected chi connectivity index (χ3v) is 8.03. The molecule has 0 aromatic heterocycles. The van der Waals surface area contributed by atoms with Crippen LogP contribution in [0.1, 0.15) is 69.6 Å². The summed E-state index contributed by atoms with van der Waals surface area (Å²) in [6, 6.07) is 2.79. The number of carbonyl (C=O) groups is 2. The predicted molar refractivity (Wildman–Crippen MR) is 127 cm³/mol. The maximum atomic E-state index is 13.9. The van der Waals surface area contributed by atoms with Crippen LogP contribution >= 0.6 is 0 Å². The van der Waals surface area contributed by atoms with Crippen molar-refractivity contribution in [3.8, 4) is 0 Å². The maximum Gasteiger partial charge on any atom is 0.416 e. The Morgan fingerprint density at radius 3 is 2.49 bits per heavy atom. The van der Waals surface area contributed by atoms with E-state index in [9.17, 15) is 22.8 Å². The average molecular weight is 496 g/mol. The van der Waals surface area contributed by atoms with Gasteiger partial charge in [-0.25, -0.2) is 0 Å². The molecular formula is C26H36F3N3O3. The molecule has 1 aromatic rings. The van der Waals surface area contributed by atoms with Crippen LogP contribution in [0.15, 0.2) is 12.1 Å². The molecule has 2 heterocycles. The number of carbonyl (C=O) groups excluding carboxylic acids is 2. The highest BCUT2D eigenvalue weighted by molar-refractivity contribution is 5.90. The number of hydrogen-bond donors (Lipinski definition) is 2. The van der Waals surface area contributed by atoms with E-state index >= 15 is 0 Å². The average Bonchev–Trinajstić information content (AvgIpc) is 3.23. The van der Waals surface area contributed by atoms with Crippen molar-refractivity contribution in [1.82, 2.24) is 10.2 Å². The van der Waals surface area contributed by atoms with Crippen molar-refractivity contribution in [3.63, 3.8) is 0 Å². The van der Waals surface area contributed by atoms with Gasteiger partial charge < -0.3 is 20.3 Å². The number of hydrogen-bond acceptors (Lipinski definition) is 4. The lowest BCUT2D eigenvalue weighted by Gasteiger charge is -2.40. The summed E-state index contributed by atoms with van der Waals surface area (Å²) in [6.45, 7) is 7.49. The minimum atomic E-state index is -4.54. The first-order chi connectivity index (χ1) is 16.5. The summed E-state index contributed by atoms with van der Waals surface area (Å²) >= 11 is 0. The van der Waals surface area contributed by atoms with Gasteiger partial charge in [0.25, 0.3) is 0 Å². The molecule has 35 heavy (non-hydrogen) atoms. The number of alkyl halides is 3. The largest absolute Gasteiger partial charge is 0.416 e. The molecule has 2 N–H and O–H groups in total. The molecule has 6 nitrogen and oxygen atoms in total. The Kier molecular flexibility index (Phi) is 7.48. The minimum Gasteiger partial charge on any atom is -0.381 e. The zero-order chi connectivity index (χ0) is 25.4. The molecule has 2 fully saturated rings. The molecule has 1 aromatic carbocycles. The second-order valence-corrected chi connectivity index (χ2v) is 10.6. The van der Waals surface area contributed by atoms with Gasteiger partial charge in [0.15, 0.2) is 0 Å². The quantitative estimate of drug-likeness (QED) is 0.631. The van der Waals surface area contributed by atoms with E-state index in [0.29, 0.717) is 30.1 Å². The molecule has 2 aliphatic heterocycles. The molecular weight excluding hydrogens is 459 g/mol. The number of nitrogens with zero attached hydrogens (tertiary/aromatic N) is 1. The van der Waals surface area contributed by atoms with Gasteiger partial charge in [0.05, 0.1) is 11.0 Å². The highest BCUT2D eigenvalue weighted by Gasteiger charge is 2.50. The van der Waals surface area contributed by atoms with Crippen LogP contribution < -0.4 is 10.6 Å². The second kappa shape index (κ2) is 10.1. The third kappa shape index (κ3) is 5.50. The van der Waals surface area contributed by atoms with E-state index in [1.165, 1.54) is 6.92 Å². The number of fused-ring (bicyclic) bond motifs is 1. The molecule has 1 saturated carbocycles. The van der Waals surface area contributed by atoms with E-state index in [4.69, 9.17) is 4.74 Å². The van der Waals surface area contributed by atoms with E-state index in [0.717, 1.165) is 57.5 Å². The lowest BCUT2D eigenvalue weighted by Crippen LogP contribution is -2.49. The number of benzene rings is 1. The van der Waals surface area contributed by atoms with Gasteiger partial charge in [-0.15, -0.1) is 0 Å². The van der Waals surface area contributed by atoms with Crippen LogP contribution in [0.2, 0.25) is 0 Å². The third-order valence-electron chi connectivity index (χ3n) is 8.03. The van der Waals surface area contributed by atoms with Gasteiger partial charge in [-0.05, 0) is 67.7 Å². The lowest BCUT2D eigenvalue weighted by atomic mass is 9.73. The van der Waals surface area contributed by atoms with Gasteiger partial charge in [0.1, 0.15) is 0 Å². The number of anilines is 1. The normalized spacial score (nSPS) is 25.6. The zero-order valence-corrected chi connectivity index (χ0v) is 20.8. The summed E-state index contributed by atoms with van der Waals surface area (Å²) in [5.41, 5.74) is -0.00930. The predicted octanol–water partition coefficient (Wildman–Crippen LogP) is 4.51. The van der Waals surface area contributed by atoms with Crippen molar-refractivity contribution in [2.75, 3.05) is 25.1 Å². The SMILES string of the molecule is CC(=O)Nc1cc(C(F)(F)F)cc2c1CCN(C(=O)[C@@]1(C(C)C)CC[C@@H](NC3CCOCC3)C1)C2. The van der Waals surface area contributed by atoms with Crippen molar-refractivity contribution in [1.29, 1.82) is 0 Å². The number of ether oxygens (including phenoxy) is 1. The number of halogens is 3. The molecule has 4 rings (SSSR count). The number of nitrogens with one attached hydrogen (secondary N) is 2. The topological polar surface area (TPSA) is 70.7 Å². The molecule has 1 saturated heterocycles. The summed E-state index contributed by atoms with van der Waals surface area (Å²) in [5, 5.41) is 6.29. The van der Waals surface area contributed by atoms with E-state index in [1.54, 1.807) is 4.90 Å². The minimum absolute atomic E-state index is 0.0351. The number of amides is 2. The molecule has 0 spiro atoms. The molecule has 3 aliphatic rings. The number of rotatable bonds is 5. The van der Waals surface area contributed by atoms with Crippen LogP contribution in [-0.4, -0.2) is 48.6 Å². The van der Waals surface area contributed by atoms with Gasteiger partial charge in [0.2, 0.25) is 11.8 Å². The monoisotopic (exact) mass is 495 g/mol. The standard InChI is InChI=1S/C26H36F3N3O3/c1-16(2)25(8-4-21(14-25)31-20-6-10-35-11-7-20)24(34)32-9-5-22-18(15-32)12-19(26(27,28)29)13-23(22)30-17(3)33/h12-13,16,20-21,31H,4-11,14-15H2,1-3H3,(H,30,33)/t21-,25+/m1/s1. The van der Waals surface area contributed by atoms with Crippen molar-refractivity contribution < 1.29 is 27.5 Å². The fourth-order valence-electron chi connectivity index (χ4n) is 6.03. The Morgan fingerprint density at radius 1 is 1.14 bits per heavy atom. The Bertz CT molecular complexity index is 959. The maximum absolute atomic E-state index is 13.9. The first-order valence-electron chi connectivity index (χ1n) is 12.6. The van der Waals surface area contributed by atoms with Gasteiger partial charge in [-0.1, -0.05) is 13.8 Å². The molecule has 0 unspecified atom stereocenters. The Hall–Kier alpha value is -2.13. The highest BCUT2D eigenvalue weighted by atomic mass is 19.4. The first-order valence-corrected chi connectivity index (χ1v) is 12.6. The van der Waals surface area contributed by atoms with Crippen LogP contribution in [0.3, 0.4) is 0 Å². The van der Waals surface area contributed by atoms with Gasteiger partial charge in [0, 0.05) is 51.0 Å². The second-order valence-electron chi connectivity index (χ2n) is 10.6. The zero-order valence-electron chi connectivity index (χ0n) is 20.8. The van der Waals surface area contributed by atoms with E-state index in [2.05, 4.69) is 24.5 Å². The van der Waals surface area contributed by atoms with E-state index in [1.807, 2.05) is 0 Å². The molecule has 0 bridgehead atoms. The van der Waals surface area contributed by atoms with Crippen LogP contribution in [0, 0.1) is 11.3 Å². The smallest absolute Gasteiger partial charge is 0.381 e. The van der Waals surface area contributed by atoms with E-state index in [-0.39, 0.29) is 30.1 Å². The first kappa shape index (κ1) is 25.9. The fraction of sp³-hybridized carbons (Fsp3) is 0.692. The van der Waals surface area contributed by atoms with Crippen LogP contribution in [0.5, 0.6) is 0 Å². The highest BCUT2D eigenvalue weighted by Crippen LogP contribution is 2.47. The molecule has 194 valence electrons. The Morgan fingerprint density at radius 2 is 1.86 bits per heavy atom. The van der Waals surface area contributed by atoms with Crippen LogP contribution in [0.25, 0.3) is 0 Å². The molecule has 2 amide bonds.